The van der Waals surface area contributed by atoms with Crippen molar-refractivity contribution in [1.82, 2.24) is 4.98 Å². The molecular weight excluding hydrogens is 338 g/mol. The van der Waals surface area contributed by atoms with Crippen molar-refractivity contribution >= 4 is 17.7 Å². The SMILES string of the molecule is CCOC(=O)c1ccc(C#N)c(SCCOc2ccc(C#N)cc2)n1. The van der Waals surface area contributed by atoms with Crippen LogP contribution in [0.25, 0.3) is 0 Å². The van der Waals surface area contributed by atoms with Crippen LogP contribution < -0.4 is 4.74 Å². The number of hydrogen-bond donors (Lipinski definition) is 0. The molecule has 1 aromatic heterocycles. The van der Waals surface area contributed by atoms with Gasteiger partial charge in [0.1, 0.15) is 22.5 Å². The van der Waals surface area contributed by atoms with Crippen molar-refractivity contribution in [3.8, 4) is 17.9 Å². The largest absolute Gasteiger partial charge is 0.493 e. The molecule has 0 fully saturated rings. The summed E-state index contributed by atoms with van der Waals surface area (Å²) < 4.78 is 10.5. The Bertz CT molecular complexity index is 823. The number of carbonyl (C=O) groups is 1. The topological polar surface area (TPSA) is 96.0 Å². The fraction of sp³-hybridized carbons (Fsp3) is 0.222. The van der Waals surface area contributed by atoms with Crippen molar-refractivity contribution in [2.45, 2.75) is 11.9 Å². The summed E-state index contributed by atoms with van der Waals surface area (Å²) in [5, 5.41) is 18.4. The molecule has 0 unspecified atom stereocenters. The number of hydrogen-bond acceptors (Lipinski definition) is 7. The van der Waals surface area contributed by atoms with Gasteiger partial charge in [0, 0.05) is 5.75 Å². The number of nitrogens with zero attached hydrogens (tertiary/aromatic N) is 3. The van der Waals surface area contributed by atoms with Gasteiger partial charge >= 0.3 is 5.97 Å². The second-order valence-corrected chi connectivity index (χ2v) is 5.80. The van der Waals surface area contributed by atoms with Crippen LogP contribution in [0.4, 0.5) is 0 Å². The highest BCUT2D eigenvalue weighted by Gasteiger charge is 2.12. The summed E-state index contributed by atoms with van der Waals surface area (Å²) in [5.74, 6) is 0.699. The minimum Gasteiger partial charge on any atom is -0.493 e. The van der Waals surface area contributed by atoms with E-state index in [0.29, 0.717) is 34.3 Å². The van der Waals surface area contributed by atoms with Crippen LogP contribution in [0, 0.1) is 22.7 Å². The van der Waals surface area contributed by atoms with Gasteiger partial charge in [-0.05, 0) is 43.3 Å². The minimum atomic E-state index is -0.511. The molecule has 0 aliphatic carbocycles. The van der Waals surface area contributed by atoms with Crippen molar-refractivity contribution in [3.05, 3.63) is 53.2 Å². The molecule has 0 spiro atoms. The lowest BCUT2D eigenvalue weighted by Gasteiger charge is -2.08. The van der Waals surface area contributed by atoms with Crippen LogP contribution in [-0.2, 0) is 4.74 Å². The smallest absolute Gasteiger partial charge is 0.356 e. The normalized spacial score (nSPS) is 9.72. The van der Waals surface area contributed by atoms with Gasteiger partial charge in [0.2, 0.25) is 0 Å². The van der Waals surface area contributed by atoms with Crippen molar-refractivity contribution in [2.24, 2.45) is 0 Å². The second kappa shape index (κ2) is 9.31. The average molecular weight is 353 g/mol. The highest BCUT2D eigenvalue weighted by atomic mass is 32.2. The van der Waals surface area contributed by atoms with E-state index in [9.17, 15) is 4.79 Å². The fourth-order valence-corrected chi connectivity index (χ4v) is 2.67. The van der Waals surface area contributed by atoms with E-state index in [1.807, 2.05) is 6.07 Å². The first-order valence-electron chi connectivity index (χ1n) is 7.52. The number of esters is 1. The van der Waals surface area contributed by atoms with Crippen molar-refractivity contribution in [3.63, 3.8) is 0 Å². The van der Waals surface area contributed by atoms with E-state index < -0.39 is 5.97 Å². The Kier molecular flexibility index (Phi) is 6.82. The minimum absolute atomic E-state index is 0.177. The molecule has 126 valence electrons. The average Bonchev–Trinajstić information content (AvgIpc) is 2.65. The molecule has 2 aromatic rings. The van der Waals surface area contributed by atoms with Gasteiger partial charge in [-0.15, -0.1) is 11.8 Å². The first-order chi connectivity index (χ1) is 12.2. The first kappa shape index (κ1) is 18.3. The molecule has 6 nitrogen and oxygen atoms in total. The predicted molar refractivity (Wildman–Crippen MR) is 92.3 cm³/mol. The molecule has 0 bridgehead atoms. The maximum absolute atomic E-state index is 11.7. The lowest BCUT2D eigenvalue weighted by Crippen LogP contribution is -2.08. The van der Waals surface area contributed by atoms with Crippen LogP contribution >= 0.6 is 11.8 Å². The zero-order chi connectivity index (χ0) is 18.1. The lowest BCUT2D eigenvalue weighted by molar-refractivity contribution is 0.0518. The van der Waals surface area contributed by atoms with Crippen molar-refractivity contribution in [1.29, 1.82) is 10.5 Å². The molecule has 1 heterocycles. The highest BCUT2D eigenvalue weighted by molar-refractivity contribution is 7.99. The van der Waals surface area contributed by atoms with Gasteiger partial charge in [-0.2, -0.15) is 10.5 Å². The van der Waals surface area contributed by atoms with Gasteiger partial charge in [-0.3, -0.25) is 0 Å². The van der Waals surface area contributed by atoms with Gasteiger partial charge in [0.25, 0.3) is 0 Å². The summed E-state index contributed by atoms with van der Waals surface area (Å²) in [4.78, 5) is 15.9. The van der Waals surface area contributed by atoms with Crippen LogP contribution in [0.15, 0.2) is 41.4 Å². The van der Waals surface area contributed by atoms with E-state index in [4.69, 9.17) is 20.0 Å². The van der Waals surface area contributed by atoms with Crippen LogP contribution in [-0.4, -0.2) is 29.9 Å². The first-order valence-corrected chi connectivity index (χ1v) is 8.50. The van der Waals surface area contributed by atoms with Crippen molar-refractivity contribution in [2.75, 3.05) is 19.0 Å². The Morgan fingerprint density at radius 1 is 1.16 bits per heavy atom. The third-order valence-electron chi connectivity index (χ3n) is 3.04. The van der Waals surface area contributed by atoms with E-state index in [0.717, 1.165) is 0 Å². The molecule has 2 rings (SSSR count). The second-order valence-electron chi connectivity index (χ2n) is 4.71. The van der Waals surface area contributed by atoms with Gasteiger partial charge in [0.05, 0.1) is 30.4 Å². The Labute approximate surface area is 150 Å². The summed E-state index contributed by atoms with van der Waals surface area (Å²) in [6.45, 7) is 2.38. The number of carbonyl (C=O) groups excluding carboxylic acids is 1. The Morgan fingerprint density at radius 3 is 2.56 bits per heavy atom. The number of pyridine rings is 1. The molecule has 0 radical (unpaired) electrons. The molecular formula is C18H15N3O3S. The molecule has 7 heteroatoms. The molecule has 0 atom stereocenters. The summed E-state index contributed by atoms with van der Waals surface area (Å²) in [6, 6.07) is 14.0. The summed E-state index contributed by atoms with van der Waals surface area (Å²) in [7, 11) is 0. The predicted octanol–water partition coefficient (Wildman–Crippen LogP) is 3.17. The molecule has 0 aliphatic rings. The molecule has 0 aliphatic heterocycles. The lowest BCUT2D eigenvalue weighted by atomic mass is 10.2. The molecule has 0 saturated heterocycles. The van der Waals surface area contributed by atoms with Gasteiger partial charge < -0.3 is 9.47 Å². The van der Waals surface area contributed by atoms with Crippen LogP contribution in [0.5, 0.6) is 5.75 Å². The number of benzene rings is 1. The third kappa shape index (κ3) is 5.23. The van der Waals surface area contributed by atoms with Gasteiger partial charge in [0.15, 0.2) is 0 Å². The third-order valence-corrected chi connectivity index (χ3v) is 3.99. The molecule has 1 aromatic carbocycles. The number of aromatic nitrogens is 1. The maximum atomic E-state index is 11.7. The molecule has 0 amide bonds. The van der Waals surface area contributed by atoms with Crippen LogP contribution in [0.3, 0.4) is 0 Å². The van der Waals surface area contributed by atoms with E-state index in [1.165, 1.54) is 17.8 Å². The quantitative estimate of drug-likeness (QED) is 0.428. The number of nitriles is 2. The molecule has 0 N–H and O–H groups in total. The zero-order valence-corrected chi connectivity index (χ0v) is 14.4. The number of thioether (sulfide) groups is 1. The summed E-state index contributed by atoms with van der Waals surface area (Å²) in [5.41, 5.74) is 1.15. The monoisotopic (exact) mass is 353 g/mol. The van der Waals surface area contributed by atoms with Gasteiger partial charge in [-0.25, -0.2) is 9.78 Å². The van der Waals surface area contributed by atoms with E-state index >= 15 is 0 Å². The highest BCUT2D eigenvalue weighted by Crippen LogP contribution is 2.21. The van der Waals surface area contributed by atoms with E-state index in [-0.39, 0.29) is 12.3 Å². The molecule has 0 saturated carbocycles. The Morgan fingerprint density at radius 2 is 1.92 bits per heavy atom. The number of rotatable bonds is 7. The summed E-state index contributed by atoms with van der Waals surface area (Å²) >= 11 is 1.33. The van der Waals surface area contributed by atoms with Gasteiger partial charge in [-0.1, -0.05) is 0 Å². The zero-order valence-electron chi connectivity index (χ0n) is 13.6. The Hall–Kier alpha value is -3.03. The van der Waals surface area contributed by atoms with E-state index in [2.05, 4.69) is 11.1 Å². The molecule has 25 heavy (non-hydrogen) atoms. The van der Waals surface area contributed by atoms with Crippen LogP contribution in [0.1, 0.15) is 28.5 Å². The van der Waals surface area contributed by atoms with Crippen LogP contribution in [0.2, 0.25) is 0 Å². The van der Waals surface area contributed by atoms with Crippen molar-refractivity contribution < 1.29 is 14.3 Å². The Balaban J connectivity index is 1.94. The summed E-state index contributed by atoms with van der Waals surface area (Å²) in [6.07, 6.45) is 0. The fourth-order valence-electron chi connectivity index (χ4n) is 1.88. The maximum Gasteiger partial charge on any atom is 0.356 e. The van der Waals surface area contributed by atoms with E-state index in [1.54, 1.807) is 37.3 Å². The number of ether oxygens (including phenoxy) is 2. The standard InChI is InChI=1S/C18H15N3O3S/c1-2-23-18(22)16-8-5-14(12-20)17(21-16)25-10-9-24-15-6-3-13(11-19)4-7-15/h3-8H,2,9-10H2,1H3.